The molecule has 28 heavy (non-hydrogen) atoms. The van der Waals surface area contributed by atoms with Crippen LogP contribution in [0, 0.1) is 0 Å². The van der Waals surface area contributed by atoms with Crippen LogP contribution in [-0.2, 0) is 14.1 Å². The molecule has 0 aliphatic carbocycles. The standard InChI is InChI=1S/C20H18N2O6/c1-21-13(7-11-3-5-15(23)17(25)9-11)20(28)22(2)14(19(21)27)8-12-4-6-16(24)18(26)10-12/h3-10,23-26H,1-2H3/b13-7-,14-8+. The predicted octanol–water partition coefficient (Wildman–Crippen LogP) is -0.436. The Balaban J connectivity index is 2.28. The van der Waals surface area contributed by atoms with Gasteiger partial charge in [-0.15, -0.1) is 0 Å². The lowest BCUT2D eigenvalue weighted by molar-refractivity contribution is 0.403. The Labute approximate surface area is 158 Å². The zero-order valence-corrected chi connectivity index (χ0v) is 15.1. The van der Waals surface area contributed by atoms with E-state index in [-0.39, 0.29) is 33.7 Å². The summed E-state index contributed by atoms with van der Waals surface area (Å²) in [6, 6.07) is 8.11. The van der Waals surface area contributed by atoms with E-state index in [1.54, 1.807) is 0 Å². The summed E-state index contributed by atoms with van der Waals surface area (Å²) in [5.41, 5.74) is -0.0435. The molecule has 0 atom stereocenters. The van der Waals surface area contributed by atoms with E-state index in [2.05, 4.69) is 0 Å². The minimum absolute atomic E-state index is 0.0864. The fourth-order valence-corrected chi connectivity index (χ4v) is 2.74. The zero-order chi connectivity index (χ0) is 20.6. The molecule has 3 aromatic rings. The van der Waals surface area contributed by atoms with Gasteiger partial charge in [0.15, 0.2) is 23.0 Å². The Morgan fingerprint density at radius 2 is 1.00 bits per heavy atom. The van der Waals surface area contributed by atoms with Crippen LogP contribution in [0.3, 0.4) is 0 Å². The highest BCUT2D eigenvalue weighted by molar-refractivity contribution is 5.55. The van der Waals surface area contributed by atoms with Crippen LogP contribution in [0.15, 0.2) is 46.0 Å². The first-order chi connectivity index (χ1) is 13.2. The quantitative estimate of drug-likeness (QED) is 0.446. The molecule has 2 aromatic carbocycles. The second kappa shape index (κ2) is 6.99. The average Bonchev–Trinajstić information content (AvgIpc) is 2.66. The molecule has 0 saturated carbocycles. The van der Waals surface area contributed by atoms with Crippen LogP contribution in [0.4, 0.5) is 0 Å². The van der Waals surface area contributed by atoms with Crippen LogP contribution in [0.1, 0.15) is 11.1 Å². The van der Waals surface area contributed by atoms with Gasteiger partial charge in [0.25, 0.3) is 11.1 Å². The molecule has 0 radical (unpaired) electrons. The van der Waals surface area contributed by atoms with E-state index in [4.69, 9.17) is 0 Å². The van der Waals surface area contributed by atoms with Gasteiger partial charge in [0.05, 0.1) is 0 Å². The number of phenols is 4. The summed E-state index contributed by atoms with van der Waals surface area (Å²) in [7, 11) is 2.89. The Kier molecular flexibility index (Phi) is 4.70. The average molecular weight is 382 g/mol. The van der Waals surface area contributed by atoms with E-state index in [0.717, 1.165) is 0 Å². The van der Waals surface area contributed by atoms with Gasteiger partial charge in [-0.05, 0) is 47.5 Å². The molecule has 0 spiro atoms. The third kappa shape index (κ3) is 3.35. The van der Waals surface area contributed by atoms with Crippen molar-refractivity contribution in [2.24, 2.45) is 14.1 Å². The first kappa shape index (κ1) is 18.8. The van der Waals surface area contributed by atoms with E-state index in [1.807, 2.05) is 0 Å². The highest BCUT2D eigenvalue weighted by Crippen LogP contribution is 2.25. The maximum Gasteiger partial charge on any atom is 0.274 e. The van der Waals surface area contributed by atoms with Gasteiger partial charge in [0.2, 0.25) is 0 Å². The van der Waals surface area contributed by atoms with Crippen LogP contribution in [0.5, 0.6) is 23.0 Å². The number of aromatic hydroxyl groups is 4. The van der Waals surface area contributed by atoms with Gasteiger partial charge in [-0.2, -0.15) is 0 Å². The van der Waals surface area contributed by atoms with Crippen molar-refractivity contribution in [2.75, 3.05) is 0 Å². The predicted molar refractivity (Wildman–Crippen MR) is 103 cm³/mol. The molecule has 0 fully saturated rings. The summed E-state index contributed by atoms with van der Waals surface area (Å²) in [5, 5.41) is 38.2. The molecular weight excluding hydrogens is 364 g/mol. The van der Waals surface area contributed by atoms with E-state index in [1.165, 1.54) is 71.8 Å². The van der Waals surface area contributed by atoms with Gasteiger partial charge >= 0.3 is 0 Å². The van der Waals surface area contributed by atoms with Crippen molar-refractivity contribution < 1.29 is 20.4 Å². The molecule has 8 heteroatoms. The second-order valence-corrected chi connectivity index (χ2v) is 6.28. The molecule has 144 valence electrons. The first-order valence-corrected chi connectivity index (χ1v) is 8.22. The minimum Gasteiger partial charge on any atom is -0.504 e. The number of phenolic OH excluding ortho intramolecular Hbond substituents is 4. The van der Waals surface area contributed by atoms with Crippen LogP contribution >= 0.6 is 0 Å². The number of nitrogens with zero attached hydrogens (tertiary/aromatic N) is 2. The third-order valence-corrected chi connectivity index (χ3v) is 4.38. The molecular formula is C20H18N2O6. The molecule has 0 bridgehead atoms. The minimum atomic E-state index is -0.455. The van der Waals surface area contributed by atoms with Gasteiger partial charge in [0.1, 0.15) is 10.7 Å². The summed E-state index contributed by atoms with van der Waals surface area (Å²) in [6.45, 7) is 0. The topological polar surface area (TPSA) is 125 Å². The van der Waals surface area contributed by atoms with Gasteiger partial charge < -0.3 is 29.6 Å². The van der Waals surface area contributed by atoms with Crippen LogP contribution in [0.2, 0.25) is 0 Å². The lowest BCUT2D eigenvalue weighted by Crippen LogP contribution is -2.56. The Bertz CT molecular complexity index is 1210. The zero-order valence-electron chi connectivity index (χ0n) is 15.1. The van der Waals surface area contributed by atoms with Crippen molar-refractivity contribution in [3.63, 3.8) is 0 Å². The third-order valence-electron chi connectivity index (χ3n) is 4.38. The van der Waals surface area contributed by atoms with E-state index in [9.17, 15) is 30.0 Å². The van der Waals surface area contributed by atoms with Crippen LogP contribution in [0.25, 0.3) is 12.2 Å². The van der Waals surface area contributed by atoms with Crippen molar-refractivity contribution in [3.05, 3.63) is 78.9 Å². The Morgan fingerprint density at radius 3 is 1.32 bits per heavy atom. The number of rotatable bonds is 2. The molecule has 0 unspecified atom stereocenters. The molecule has 8 nitrogen and oxygen atoms in total. The smallest absolute Gasteiger partial charge is 0.274 e. The van der Waals surface area contributed by atoms with Gasteiger partial charge in [0, 0.05) is 14.1 Å². The van der Waals surface area contributed by atoms with E-state index < -0.39 is 11.1 Å². The molecule has 1 aromatic heterocycles. The monoisotopic (exact) mass is 382 g/mol. The van der Waals surface area contributed by atoms with Crippen molar-refractivity contribution in [2.45, 2.75) is 0 Å². The highest BCUT2D eigenvalue weighted by Gasteiger charge is 2.07. The Morgan fingerprint density at radius 1 is 0.643 bits per heavy atom. The molecule has 0 amide bonds. The number of hydrogen-bond acceptors (Lipinski definition) is 6. The normalized spacial score (nSPS) is 12.5. The van der Waals surface area contributed by atoms with Crippen LogP contribution < -0.4 is 21.8 Å². The maximum absolute atomic E-state index is 12.8. The lowest BCUT2D eigenvalue weighted by atomic mass is 10.2. The van der Waals surface area contributed by atoms with Crippen molar-refractivity contribution in [1.82, 2.24) is 9.13 Å². The summed E-state index contributed by atoms with van der Waals surface area (Å²) in [4.78, 5) is 25.6. The fourth-order valence-electron chi connectivity index (χ4n) is 2.74. The van der Waals surface area contributed by atoms with Crippen LogP contribution in [-0.4, -0.2) is 29.6 Å². The molecule has 1 heterocycles. The molecule has 0 aliphatic rings. The van der Waals surface area contributed by atoms with Crippen molar-refractivity contribution >= 4 is 12.2 Å². The molecule has 3 rings (SSSR count). The fraction of sp³-hybridized carbons (Fsp3) is 0.100. The molecule has 0 saturated heterocycles. The lowest BCUT2D eigenvalue weighted by Gasteiger charge is -2.06. The Hall–Kier alpha value is -3.94. The van der Waals surface area contributed by atoms with Gasteiger partial charge in [-0.3, -0.25) is 9.59 Å². The highest BCUT2D eigenvalue weighted by atomic mass is 16.3. The largest absolute Gasteiger partial charge is 0.504 e. The summed E-state index contributed by atoms with van der Waals surface area (Å²) in [6.07, 6.45) is 2.86. The second-order valence-electron chi connectivity index (χ2n) is 6.28. The maximum atomic E-state index is 12.8. The number of hydrogen-bond donors (Lipinski definition) is 4. The summed E-state index contributed by atoms with van der Waals surface area (Å²) >= 11 is 0. The van der Waals surface area contributed by atoms with E-state index >= 15 is 0 Å². The summed E-state index contributed by atoms with van der Waals surface area (Å²) < 4.78 is 2.36. The van der Waals surface area contributed by atoms with Crippen molar-refractivity contribution in [3.8, 4) is 23.0 Å². The van der Waals surface area contributed by atoms with Gasteiger partial charge in [-0.25, -0.2) is 0 Å². The van der Waals surface area contributed by atoms with E-state index in [0.29, 0.717) is 11.1 Å². The molecule has 4 N–H and O–H groups in total. The first-order valence-electron chi connectivity index (χ1n) is 8.22. The molecule has 0 aliphatic heterocycles. The summed E-state index contributed by atoms with van der Waals surface area (Å²) in [5.74, 6) is -1.26. The number of benzene rings is 2. The van der Waals surface area contributed by atoms with Crippen molar-refractivity contribution in [1.29, 1.82) is 0 Å². The van der Waals surface area contributed by atoms with Gasteiger partial charge in [-0.1, -0.05) is 12.1 Å². The number of aromatic nitrogens is 2. The SMILES string of the molecule is Cn1c(=O)/c(=C\c2ccc(O)c(O)c2)n(C)c(=O)/c1=C/c1ccc(O)c(O)c1.